The van der Waals surface area contributed by atoms with E-state index in [1.54, 1.807) is 29.0 Å². The highest BCUT2D eigenvalue weighted by Crippen LogP contribution is 2.39. The maximum Gasteiger partial charge on any atom is 0.321 e. The van der Waals surface area contributed by atoms with Crippen LogP contribution >= 0.6 is 0 Å². The molecule has 40 heavy (non-hydrogen) atoms. The van der Waals surface area contributed by atoms with Gasteiger partial charge in [0.05, 0.1) is 19.5 Å². The predicted octanol–water partition coefficient (Wildman–Crippen LogP) is 4.62. The molecule has 2 aliphatic heterocycles. The molecule has 1 spiro atoms. The van der Waals surface area contributed by atoms with Crippen LogP contribution in [0.2, 0.25) is 0 Å². The third-order valence-corrected chi connectivity index (χ3v) is 7.93. The van der Waals surface area contributed by atoms with Gasteiger partial charge in [-0.25, -0.2) is 4.79 Å². The lowest BCUT2D eigenvalue weighted by atomic mass is 9.85. The summed E-state index contributed by atoms with van der Waals surface area (Å²) in [6.07, 6.45) is 0.907. The third kappa shape index (κ3) is 5.32. The molecule has 208 valence electrons. The Morgan fingerprint density at radius 1 is 0.900 bits per heavy atom. The van der Waals surface area contributed by atoms with Crippen molar-refractivity contribution in [1.82, 2.24) is 9.80 Å². The van der Waals surface area contributed by atoms with Gasteiger partial charge < -0.3 is 30.1 Å². The van der Waals surface area contributed by atoms with Crippen molar-refractivity contribution in [2.45, 2.75) is 32.2 Å². The fraction of sp³-hybridized carbons (Fsp3) is 0.323. The lowest BCUT2D eigenvalue weighted by Crippen LogP contribution is -2.58. The van der Waals surface area contributed by atoms with E-state index in [1.165, 1.54) is 0 Å². The Balaban J connectivity index is 1.30. The molecule has 0 bridgehead atoms. The Morgan fingerprint density at radius 3 is 2.30 bits per heavy atom. The molecular weight excluding hydrogens is 506 g/mol. The van der Waals surface area contributed by atoms with Gasteiger partial charge in [-0.2, -0.15) is 0 Å². The zero-order valence-electron chi connectivity index (χ0n) is 23.1. The number of rotatable bonds is 6. The third-order valence-electron chi connectivity index (χ3n) is 7.93. The highest BCUT2D eigenvalue weighted by atomic mass is 16.5. The zero-order valence-corrected chi connectivity index (χ0v) is 23.1. The minimum Gasteiger partial charge on any atom is -0.495 e. The van der Waals surface area contributed by atoms with Gasteiger partial charge in [0, 0.05) is 24.5 Å². The molecule has 9 heteroatoms. The number of hydrogen-bond acceptors (Lipinski definition) is 5. The van der Waals surface area contributed by atoms with E-state index < -0.39 is 5.54 Å². The number of anilines is 3. The Hall–Kier alpha value is -4.53. The minimum atomic E-state index is -0.830. The van der Waals surface area contributed by atoms with Gasteiger partial charge in [0.25, 0.3) is 5.91 Å². The molecule has 2 fully saturated rings. The molecule has 9 nitrogen and oxygen atoms in total. The van der Waals surface area contributed by atoms with E-state index in [4.69, 9.17) is 4.74 Å². The van der Waals surface area contributed by atoms with Crippen molar-refractivity contribution in [2.24, 2.45) is 0 Å². The summed E-state index contributed by atoms with van der Waals surface area (Å²) >= 11 is 0. The summed E-state index contributed by atoms with van der Waals surface area (Å²) in [7, 11) is 1.56. The predicted molar refractivity (Wildman–Crippen MR) is 156 cm³/mol. The summed E-state index contributed by atoms with van der Waals surface area (Å²) in [5.41, 5.74) is 3.63. The Bertz CT molecular complexity index is 1400. The standard InChI is InChI=1S/C31H35N5O4/c1-22-13-14-24(19-23(22)2)32-28(37)20-35-21-36(25-9-5-4-6-10-25)31(29(35)38)15-17-34(18-16-31)30(39)33-26-11-7-8-12-27(26)40-3/h4-14,19H,15-18,20-21H2,1-3H3,(H,32,37)(H,33,39). The number of ether oxygens (including phenoxy) is 1. The van der Waals surface area contributed by atoms with Gasteiger partial charge in [0.1, 0.15) is 17.8 Å². The first-order valence-corrected chi connectivity index (χ1v) is 13.5. The van der Waals surface area contributed by atoms with Crippen molar-refractivity contribution in [1.29, 1.82) is 0 Å². The van der Waals surface area contributed by atoms with Crippen molar-refractivity contribution in [2.75, 3.05) is 48.9 Å². The van der Waals surface area contributed by atoms with Crippen molar-refractivity contribution in [3.63, 3.8) is 0 Å². The molecule has 3 aromatic rings. The van der Waals surface area contributed by atoms with E-state index in [0.29, 0.717) is 49.7 Å². The monoisotopic (exact) mass is 541 g/mol. The van der Waals surface area contributed by atoms with Gasteiger partial charge in [0.15, 0.2) is 0 Å². The van der Waals surface area contributed by atoms with Crippen molar-refractivity contribution >= 4 is 34.9 Å². The second-order valence-corrected chi connectivity index (χ2v) is 10.4. The molecule has 0 unspecified atom stereocenters. The molecule has 2 aliphatic rings. The summed E-state index contributed by atoms with van der Waals surface area (Å²) in [6, 6.07) is 22.6. The average Bonchev–Trinajstić information content (AvgIpc) is 3.22. The quantitative estimate of drug-likeness (QED) is 0.475. The number of nitrogens with one attached hydrogen (secondary N) is 2. The van der Waals surface area contributed by atoms with E-state index in [-0.39, 0.29) is 24.4 Å². The zero-order chi connectivity index (χ0) is 28.3. The van der Waals surface area contributed by atoms with Gasteiger partial charge in [-0.05, 0) is 74.2 Å². The molecule has 0 saturated carbocycles. The fourth-order valence-corrected chi connectivity index (χ4v) is 5.54. The molecule has 0 atom stereocenters. The molecular formula is C31H35N5O4. The summed E-state index contributed by atoms with van der Waals surface area (Å²) in [5, 5.41) is 5.86. The number of para-hydroxylation sites is 3. The van der Waals surface area contributed by atoms with Crippen molar-refractivity contribution in [3.05, 3.63) is 83.9 Å². The normalized spacial score (nSPS) is 16.3. The van der Waals surface area contributed by atoms with E-state index in [1.807, 2.05) is 74.5 Å². The van der Waals surface area contributed by atoms with Crippen molar-refractivity contribution < 1.29 is 19.1 Å². The van der Waals surface area contributed by atoms with Crippen LogP contribution in [0.3, 0.4) is 0 Å². The van der Waals surface area contributed by atoms with Crippen LogP contribution in [-0.4, -0.2) is 66.6 Å². The lowest BCUT2D eigenvalue weighted by Gasteiger charge is -2.43. The van der Waals surface area contributed by atoms with Crippen LogP contribution in [0.4, 0.5) is 21.9 Å². The number of methoxy groups -OCH3 is 1. The highest BCUT2D eigenvalue weighted by Gasteiger charge is 2.54. The molecule has 2 N–H and O–H groups in total. The van der Waals surface area contributed by atoms with Gasteiger partial charge >= 0.3 is 6.03 Å². The number of carbonyl (C=O) groups excluding carboxylic acids is 3. The number of nitrogens with zero attached hydrogens (tertiary/aromatic N) is 3. The van der Waals surface area contributed by atoms with Gasteiger partial charge in [-0.1, -0.05) is 36.4 Å². The molecule has 2 saturated heterocycles. The average molecular weight is 542 g/mol. The number of amides is 4. The fourth-order valence-electron chi connectivity index (χ4n) is 5.54. The maximum absolute atomic E-state index is 14.0. The maximum atomic E-state index is 14.0. The van der Waals surface area contributed by atoms with Crippen LogP contribution in [0.15, 0.2) is 72.8 Å². The molecule has 3 aromatic carbocycles. The molecule has 0 aromatic heterocycles. The van der Waals surface area contributed by atoms with E-state index >= 15 is 0 Å². The number of aryl methyl sites for hydroxylation is 2. The van der Waals surface area contributed by atoms with Crippen LogP contribution in [0.5, 0.6) is 5.75 Å². The second kappa shape index (κ2) is 11.3. The molecule has 0 aliphatic carbocycles. The van der Waals surface area contributed by atoms with Crippen LogP contribution in [0.25, 0.3) is 0 Å². The Labute approximate surface area is 234 Å². The first kappa shape index (κ1) is 27.1. The molecule has 5 rings (SSSR count). The van der Waals surface area contributed by atoms with Crippen molar-refractivity contribution in [3.8, 4) is 5.75 Å². The van der Waals surface area contributed by atoms with E-state index in [2.05, 4.69) is 15.5 Å². The van der Waals surface area contributed by atoms with Gasteiger partial charge in [-0.15, -0.1) is 0 Å². The smallest absolute Gasteiger partial charge is 0.321 e. The van der Waals surface area contributed by atoms with E-state index in [0.717, 1.165) is 16.8 Å². The number of piperidine rings is 1. The number of carbonyl (C=O) groups is 3. The highest BCUT2D eigenvalue weighted by molar-refractivity contribution is 5.99. The first-order valence-electron chi connectivity index (χ1n) is 13.5. The largest absolute Gasteiger partial charge is 0.495 e. The van der Waals surface area contributed by atoms with Gasteiger partial charge in [-0.3, -0.25) is 9.59 Å². The number of urea groups is 1. The summed E-state index contributed by atoms with van der Waals surface area (Å²) in [5.74, 6) is 0.256. The van der Waals surface area contributed by atoms with Gasteiger partial charge in [0.2, 0.25) is 5.91 Å². The number of likely N-dealkylation sites (tertiary alicyclic amines) is 1. The van der Waals surface area contributed by atoms with Crippen LogP contribution in [-0.2, 0) is 9.59 Å². The second-order valence-electron chi connectivity index (χ2n) is 10.4. The van der Waals surface area contributed by atoms with Crippen LogP contribution in [0.1, 0.15) is 24.0 Å². The Morgan fingerprint density at radius 2 is 1.60 bits per heavy atom. The summed E-state index contributed by atoms with van der Waals surface area (Å²) in [4.78, 5) is 45.5. The first-order chi connectivity index (χ1) is 19.3. The number of hydrogen-bond donors (Lipinski definition) is 2. The molecule has 4 amide bonds. The van der Waals surface area contributed by atoms with Crippen LogP contribution in [0, 0.1) is 13.8 Å². The molecule has 0 radical (unpaired) electrons. The lowest BCUT2D eigenvalue weighted by molar-refractivity contribution is -0.136. The van der Waals surface area contributed by atoms with Crippen LogP contribution < -0.4 is 20.3 Å². The SMILES string of the molecule is COc1ccccc1NC(=O)N1CCC2(CC1)C(=O)N(CC(=O)Nc1ccc(C)c(C)c1)CN2c1ccccc1. The molecule has 2 heterocycles. The minimum absolute atomic E-state index is 0.0468. The Kier molecular flexibility index (Phi) is 7.64. The number of benzene rings is 3. The summed E-state index contributed by atoms with van der Waals surface area (Å²) in [6.45, 7) is 5.08. The summed E-state index contributed by atoms with van der Waals surface area (Å²) < 4.78 is 5.36. The topological polar surface area (TPSA) is 94.2 Å². The van der Waals surface area contributed by atoms with E-state index in [9.17, 15) is 14.4 Å².